The lowest BCUT2D eigenvalue weighted by molar-refractivity contribution is 0.462. The average molecular weight is 313 g/mol. The Hall–Kier alpha value is -1.43. The molecule has 1 aromatic carbocycles. The van der Waals surface area contributed by atoms with Crippen molar-refractivity contribution in [2.75, 3.05) is 5.32 Å². The van der Waals surface area contributed by atoms with Gasteiger partial charge in [0.1, 0.15) is 11.5 Å². The summed E-state index contributed by atoms with van der Waals surface area (Å²) in [5.74, 6) is -0.243. The van der Waals surface area contributed by atoms with E-state index in [4.69, 9.17) is 0 Å². The van der Waals surface area contributed by atoms with E-state index in [0.717, 1.165) is 16.0 Å². The third-order valence-corrected chi connectivity index (χ3v) is 3.03. The maximum Gasteiger partial charge on any atom is 0.153 e. The van der Waals surface area contributed by atoms with E-state index in [1.165, 1.54) is 12.1 Å². The number of nitrogens with zero attached hydrogens (tertiary/aromatic N) is 3. The van der Waals surface area contributed by atoms with Gasteiger partial charge in [-0.25, -0.2) is 4.39 Å². The molecule has 6 heteroatoms. The van der Waals surface area contributed by atoms with Gasteiger partial charge in [0.2, 0.25) is 0 Å². The molecule has 0 fully saturated rings. The van der Waals surface area contributed by atoms with Crippen LogP contribution in [0.15, 0.2) is 28.9 Å². The Morgan fingerprint density at radius 1 is 1.28 bits per heavy atom. The van der Waals surface area contributed by atoms with E-state index in [0.29, 0.717) is 6.54 Å². The van der Waals surface area contributed by atoms with Crippen LogP contribution in [-0.4, -0.2) is 15.0 Å². The van der Waals surface area contributed by atoms with Crippen LogP contribution in [0.1, 0.15) is 25.6 Å². The Morgan fingerprint density at radius 3 is 2.50 bits per heavy atom. The van der Waals surface area contributed by atoms with Crippen LogP contribution >= 0.6 is 15.9 Å². The van der Waals surface area contributed by atoms with Crippen molar-refractivity contribution < 1.29 is 4.39 Å². The third-order valence-electron chi connectivity index (χ3n) is 2.42. The fraction of sp³-hybridized carbons (Fsp3) is 0.333. The lowest BCUT2D eigenvalue weighted by Crippen LogP contribution is -2.06. The molecular weight excluding hydrogens is 299 g/mol. The number of hydrogen-bond acceptors (Lipinski definition) is 3. The normalized spacial score (nSPS) is 10.9. The van der Waals surface area contributed by atoms with Crippen molar-refractivity contribution in [1.29, 1.82) is 0 Å². The quantitative estimate of drug-likeness (QED) is 0.941. The highest BCUT2D eigenvalue weighted by Crippen LogP contribution is 2.16. The van der Waals surface area contributed by atoms with Crippen molar-refractivity contribution in [1.82, 2.24) is 15.0 Å². The monoisotopic (exact) mass is 312 g/mol. The number of rotatable bonds is 4. The second-order valence-electron chi connectivity index (χ2n) is 4.21. The molecule has 0 aliphatic heterocycles. The van der Waals surface area contributed by atoms with E-state index < -0.39 is 0 Å². The second kappa shape index (κ2) is 5.48. The van der Waals surface area contributed by atoms with Gasteiger partial charge in [0.15, 0.2) is 4.60 Å². The van der Waals surface area contributed by atoms with Crippen molar-refractivity contribution in [2.45, 2.75) is 26.4 Å². The molecule has 96 valence electrons. The first-order chi connectivity index (χ1) is 8.56. The molecule has 1 heterocycles. The lowest BCUT2D eigenvalue weighted by Gasteiger charge is -2.04. The van der Waals surface area contributed by atoms with E-state index in [2.05, 4.69) is 31.4 Å². The number of anilines is 1. The van der Waals surface area contributed by atoms with Gasteiger partial charge in [-0.1, -0.05) is 0 Å². The smallest absolute Gasteiger partial charge is 0.153 e. The Labute approximate surface area is 113 Å². The van der Waals surface area contributed by atoms with Gasteiger partial charge in [0, 0.05) is 5.69 Å². The molecule has 4 nitrogen and oxygen atoms in total. The van der Waals surface area contributed by atoms with Crippen LogP contribution in [0.4, 0.5) is 10.1 Å². The molecule has 0 spiro atoms. The molecule has 0 aliphatic rings. The Bertz CT molecular complexity index is 521. The molecule has 0 bridgehead atoms. The van der Waals surface area contributed by atoms with Gasteiger partial charge in [-0.2, -0.15) is 9.90 Å². The van der Waals surface area contributed by atoms with Gasteiger partial charge in [-0.15, -0.1) is 5.10 Å². The van der Waals surface area contributed by atoms with Gasteiger partial charge in [-0.05, 0) is 54.0 Å². The predicted molar refractivity (Wildman–Crippen MR) is 71.8 cm³/mol. The highest BCUT2D eigenvalue weighted by atomic mass is 79.9. The first kappa shape index (κ1) is 13.0. The summed E-state index contributed by atoms with van der Waals surface area (Å²) >= 11 is 3.38. The minimum atomic E-state index is -0.243. The maximum atomic E-state index is 12.7. The van der Waals surface area contributed by atoms with Crippen molar-refractivity contribution in [3.05, 3.63) is 40.4 Å². The van der Waals surface area contributed by atoms with E-state index in [9.17, 15) is 4.39 Å². The van der Waals surface area contributed by atoms with Gasteiger partial charge in [0.25, 0.3) is 0 Å². The number of benzene rings is 1. The van der Waals surface area contributed by atoms with E-state index in [-0.39, 0.29) is 11.9 Å². The number of halogens is 2. The number of hydrogen-bond donors (Lipinski definition) is 1. The van der Waals surface area contributed by atoms with Crippen LogP contribution in [-0.2, 0) is 6.54 Å². The van der Waals surface area contributed by atoms with Gasteiger partial charge >= 0.3 is 0 Å². The zero-order valence-electron chi connectivity index (χ0n) is 10.2. The van der Waals surface area contributed by atoms with Crippen LogP contribution in [0.25, 0.3) is 0 Å². The zero-order chi connectivity index (χ0) is 13.1. The first-order valence-electron chi connectivity index (χ1n) is 5.67. The van der Waals surface area contributed by atoms with Crippen LogP contribution in [0.3, 0.4) is 0 Å². The second-order valence-corrected chi connectivity index (χ2v) is 4.96. The molecule has 0 radical (unpaired) electrons. The minimum Gasteiger partial charge on any atom is -0.379 e. The van der Waals surface area contributed by atoms with Gasteiger partial charge in [0.05, 0.1) is 12.6 Å². The Kier molecular flexibility index (Phi) is 3.96. The van der Waals surface area contributed by atoms with Gasteiger partial charge < -0.3 is 5.32 Å². The van der Waals surface area contributed by atoms with Crippen LogP contribution < -0.4 is 5.32 Å². The Morgan fingerprint density at radius 2 is 1.94 bits per heavy atom. The summed E-state index contributed by atoms with van der Waals surface area (Å²) in [4.78, 5) is 1.66. The zero-order valence-corrected chi connectivity index (χ0v) is 11.8. The highest BCUT2D eigenvalue weighted by Gasteiger charge is 2.09. The highest BCUT2D eigenvalue weighted by molar-refractivity contribution is 9.10. The largest absolute Gasteiger partial charge is 0.379 e. The number of nitrogens with one attached hydrogen (secondary N) is 1. The van der Waals surface area contributed by atoms with E-state index >= 15 is 0 Å². The molecule has 0 saturated heterocycles. The van der Waals surface area contributed by atoms with Crippen molar-refractivity contribution in [3.63, 3.8) is 0 Å². The third kappa shape index (κ3) is 3.07. The fourth-order valence-corrected chi connectivity index (χ4v) is 1.81. The summed E-state index contributed by atoms with van der Waals surface area (Å²) in [6.45, 7) is 4.58. The minimum absolute atomic E-state index is 0.223. The molecule has 0 aliphatic carbocycles. The first-order valence-corrected chi connectivity index (χ1v) is 6.46. The summed E-state index contributed by atoms with van der Waals surface area (Å²) < 4.78 is 13.5. The summed E-state index contributed by atoms with van der Waals surface area (Å²) in [6.07, 6.45) is 0. The Balaban J connectivity index is 2.03. The molecule has 1 aromatic heterocycles. The SMILES string of the molecule is CC(C)n1nc(Br)c(CNc2ccc(F)cc2)n1. The van der Waals surface area contributed by atoms with Crippen LogP contribution in [0.2, 0.25) is 0 Å². The molecule has 0 saturated carbocycles. The molecule has 0 atom stereocenters. The van der Waals surface area contributed by atoms with Crippen molar-refractivity contribution in [2.24, 2.45) is 0 Å². The molecule has 0 amide bonds. The summed E-state index contributed by atoms with van der Waals surface area (Å²) in [5.41, 5.74) is 1.68. The van der Waals surface area contributed by atoms with Gasteiger partial charge in [-0.3, -0.25) is 0 Å². The standard InChI is InChI=1S/C12H14BrFN4/c1-8(2)18-16-11(12(13)17-18)7-15-10-5-3-9(14)4-6-10/h3-6,8,15H,7H2,1-2H3. The molecular formula is C12H14BrFN4. The summed E-state index contributed by atoms with van der Waals surface area (Å²) in [5, 5.41) is 11.8. The average Bonchev–Trinajstić information content (AvgIpc) is 2.70. The molecule has 18 heavy (non-hydrogen) atoms. The fourth-order valence-electron chi connectivity index (χ4n) is 1.43. The topological polar surface area (TPSA) is 42.7 Å². The predicted octanol–water partition coefficient (Wildman–Crippen LogP) is 3.37. The number of aromatic nitrogens is 3. The van der Waals surface area contributed by atoms with Crippen LogP contribution in [0, 0.1) is 5.82 Å². The van der Waals surface area contributed by atoms with Crippen LogP contribution in [0.5, 0.6) is 0 Å². The van der Waals surface area contributed by atoms with E-state index in [1.54, 1.807) is 16.9 Å². The van der Waals surface area contributed by atoms with Crippen molar-refractivity contribution in [3.8, 4) is 0 Å². The molecule has 0 unspecified atom stereocenters. The maximum absolute atomic E-state index is 12.7. The van der Waals surface area contributed by atoms with E-state index in [1.807, 2.05) is 13.8 Å². The van der Waals surface area contributed by atoms with Crippen molar-refractivity contribution >= 4 is 21.6 Å². The molecule has 1 N–H and O–H groups in total. The summed E-state index contributed by atoms with van der Waals surface area (Å²) in [7, 11) is 0. The lowest BCUT2D eigenvalue weighted by atomic mass is 10.3. The molecule has 2 rings (SSSR count). The summed E-state index contributed by atoms with van der Waals surface area (Å²) in [6, 6.07) is 6.44. The molecule has 2 aromatic rings.